The molecule has 19 heavy (non-hydrogen) atoms. The quantitative estimate of drug-likeness (QED) is 0.886. The number of anilines is 1. The summed E-state index contributed by atoms with van der Waals surface area (Å²) in [5, 5.41) is 3.56. The van der Waals surface area contributed by atoms with Gasteiger partial charge in [-0.15, -0.1) is 0 Å². The normalized spacial score (nSPS) is 17.9. The second-order valence-electron chi connectivity index (χ2n) is 5.73. The summed E-state index contributed by atoms with van der Waals surface area (Å²) < 4.78 is 0. The minimum atomic E-state index is 0.306. The maximum Gasteiger partial charge on any atom is 0.132 e. The van der Waals surface area contributed by atoms with Crippen molar-refractivity contribution in [3.8, 4) is 0 Å². The molecule has 1 N–H and O–H groups in total. The highest BCUT2D eigenvalue weighted by molar-refractivity contribution is 5.44. The maximum absolute atomic E-state index is 4.38. The van der Waals surface area contributed by atoms with Gasteiger partial charge in [0.25, 0.3) is 0 Å². The molecular weight excluding hydrogens is 236 g/mol. The second kappa shape index (κ2) is 5.87. The Labute approximate surface area is 116 Å². The Morgan fingerprint density at radius 1 is 1.26 bits per heavy atom. The Bertz CT molecular complexity index is 424. The summed E-state index contributed by atoms with van der Waals surface area (Å²) in [6.45, 7) is 8.44. The summed E-state index contributed by atoms with van der Waals surface area (Å²) in [4.78, 5) is 11.1. The van der Waals surface area contributed by atoms with Crippen molar-refractivity contribution >= 4 is 5.82 Å². The first kappa shape index (κ1) is 14.3. The van der Waals surface area contributed by atoms with Crippen molar-refractivity contribution < 1.29 is 0 Å². The molecule has 1 heterocycles. The van der Waals surface area contributed by atoms with Crippen LogP contribution < -0.4 is 5.32 Å². The van der Waals surface area contributed by atoms with Gasteiger partial charge in [-0.1, -0.05) is 19.8 Å². The standard InChI is InChI=1S/C15H26N4/c1-5-19(4)15(8-6-7-9-15)10-16-14-12(2)13(3)17-11-18-14/h11H,5-10H2,1-4H3,(H,16,17,18). The molecule has 0 unspecified atom stereocenters. The number of aryl methyl sites for hydroxylation is 1. The maximum atomic E-state index is 4.38. The average molecular weight is 262 g/mol. The number of likely N-dealkylation sites (N-methyl/N-ethyl adjacent to an activating group) is 1. The minimum Gasteiger partial charge on any atom is -0.368 e. The lowest BCUT2D eigenvalue weighted by Gasteiger charge is -2.38. The predicted octanol–water partition coefficient (Wildman–Crippen LogP) is 2.77. The average Bonchev–Trinajstić information content (AvgIpc) is 2.89. The van der Waals surface area contributed by atoms with Gasteiger partial charge in [-0.05, 0) is 40.3 Å². The molecule has 0 aromatic carbocycles. The van der Waals surface area contributed by atoms with Crippen LogP contribution in [0.2, 0.25) is 0 Å². The molecule has 0 amide bonds. The zero-order valence-electron chi connectivity index (χ0n) is 12.7. The summed E-state index contributed by atoms with van der Waals surface area (Å²) in [7, 11) is 2.24. The van der Waals surface area contributed by atoms with Gasteiger partial charge in [0.05, 0.1) is 0 Å². The Kier molecular flexibility index (Phi) is 4.40. The highest BCUT2D eigenvalue weighted by Gasteiger charge is 2.36. The van der Waals surface area contributed by atoms with Crippen molar-refractivity contribution in [1.29, 1.82) is 0 Å². The molecule has 1 aromatic heterocycles. The molecule has 0 atom stereocenters. The molecule has 0 bridgehead atoms. The van der Waals surface area contributed by atoms with E-state index in [9.17, 15) is 0 Å². The van der Waals surface area contributed by atoms with Crippen molar-refractivity contribution in [3.63, 3.8) is 0 Å². The Morgan fingerprint density at radius 3 is 2.58 bits per heavy atom. The van der Waals surface area contributed by atoms with Crippen molar-refractivity contribution in [2.24, 2.45) is 0 Å². The predicted molar refractivity (Wildman–Crippen MR) is 79.5 cm³/mol. The lowest BCUT2D eigenvalue weighted by atomic mass is 9.95. The van der Waals surface area contributed by atoms with E-state index in [1.165, 1.54) is 25.7 Å². The summed E-state index contributed by atoms with van der Waals surface area (Å²) in [6, 6.07) is 0. The minimum absolute atomic E-state index is 0.306. The number of rotatable bonds is 5. The zero-order valence-corrected chi connectivity index (χ0v) is 12.7. The largest absolute Gasteiger partial charge is 0.368 e. The second-order valence-corrected chi connectivity index (χ2v) is 5.73. The first-order valence-corrected chi connectivity index (χ1v) is 7.32. The van der Waals surface area contributed by atoms with E-state index in [1.54, 1.807) is 6.33 Å². The van der Waals surface area contributed by atoms with Gasteiger partial charge in [0.2, 0.25) is 0 Å². The molecule has 1 aromatic rings. The molecule has 2 rings (SSSR count). The van der Waals surface area contributed by atoms with Gasteiger partial charge in [0.15, 0.2) is 0 Å². The molecule has 1 fully saturated rings. The summed E-state index contributed by atoms with van der Waals surface area (Å²) >= 11 is 0. The van der Waals surface area contributed by atoms with Crippen LogP contribution in [0, 0.1) is 13.8 Å². The first-order valence-electron chi connectivity index (χ1n) is 7.32. The van der Waals surface area contributed by atoms with E-state index in [0.29, 0.717) is 5.54 Å². The molecule has 106 valence electrons. The van der Waals surface area contributed by atoms with E-state index < -0.39 is 0 Å². The van der Waals surface area contributed by atoms with Crippen LogP contribution in [0.3, 0.4) is 0 Å². The van der Waals surface area contributed by atoms with Crippen LogP contribution in [0.25, 0.3) is 0 Å². The third kappa shape index (κ3) is 2.89. The van der Waals surface area contributed by atoms with Crippen LogP contribution in [0.4, 0.5) is 5.82 Å². The Hall–Kier alpha value is -1.16. The van der Waals surface area contributed by atoms with Gasteiger partial charge < -0.3 is 5.32 Å². The lowest BCUT2D eigenvalue weighted by molar-refractivity contribution is 0.144. The topological polar surface area (TPSA) is 41.0 Å². The fraction of sp³-hybridized carbons (Fsp3) is 0.733. The van der Waals surface area contributed by atoms with Gasteiger partial charge in [-0.2, -0.15) is 0 Å². The van der Waals surface area contributed by atoms with Crippen LogP contribution in [-0.4, -0.2) is 40.5 Å². The molecule has 4 heteroatoms. The van der Waals surface area contributed by atoms with E-state index in [-0.39, 0.29) is 0 Å². The molecule has 0 radical (unpaired) electrons. The third-order valence-electron chi connectivity index (χ3n) is 4.74. The molecule has 0 aliphatic heterocycles. The van der Waals surface area contributed by atoms with Crippen LogP contribution in [0.1, 0.15) is 43.9 Å². The number of nitrogens with zero attached hydrogens (tertiary/aromatic N) is 3. The van der Waals surface area contributed by atoms with E-state index >= 15 is 0 Å². The fourth-order valence-corrected chi connectivity index (χ4v) is 3.03. The molecular formula is C15H26N4. The van der Waals surface area contributed by atoms with Crippen molar-refractivity contribution in [2.75, 3.05) is 25.5 Å². The number of nitrogens with one attached hydrogen (secondary N) is 1. The monoisotopic (exact) mass is 262 g/mol. The summed E-state index contributed by atoms with van der Waals surface area (Å²) in [5.41, 5.74) is 2.52. The number of aromatic nitrogens is 2. The number of hydrogen-bond donors (Lipinski definition) is 1. The molecule has 1 aliphatic rings. The highest BCUT2D eigenvalue weighted by atomic mass is 15.2. The van der Waals surface area contributed by atoms with Crippen LogP contribution in [0.5, 0.6) is 0 Å². The number of hydrogen-bond acceptors (Lipinski definition) is 4. The van der Waals surface area contributed by atoms with Gasteiger partial charge in [-0.3, -0.25) is 4.90 Å². The van der Waals surface area contributed by atoms with Gasteiger partial charge in [0, 0.05) is 23.3 Å². The SMILES string of the molecule is CCN(C)C1(CNc2ncnc(C)c2C)CCCC1. The molecule has 4 nitrogen and oxygen atoms in total. The summed E-state index contributed by atoms with van der Waals surface area (Å²) in [6.07, 6.45) is 6.90. The van der Waals surface area contributed by atoms with Gasteiger partial charge in [0.1, 0.15) is 12.1 Å². The fourth-order valence-electron chi connectivity index (χ4n) is 3.03. The third-order valence-corrected chi connectivity index (χ3v) is 4.74. The first-order chi connectivity index (χ1) is 9.09. The van der Waals surface area contributed by atoms with Gasteiger partial charge >= 0.3 is 0 Å². The zero-order chi connectivity index (χ0) is 13.9. The van der Waals surface area contributed by atoms with Gasteiger partial charge in [-0.25, -0.2) is 9.97 Å². The van der Waals surface area contributed by atoms with Crippen molar-refractivity contribution in [2.45, 2.75) is 52.0 Å². The Balaban J connectivity index is 2.09. The van der Waals surface area contributed by atoms with E-state index in [0.717, 1.165) is 30.2 Å². The molecule has 0 saturated heterocycles. The lowest BCUT2D eigenvalue weighted by Crippen LogP contribution is -2.49. The van der Waals surface area contributed by atoms with Crippen LogP contribution in [0.15, 0.2) is 6.33 Å². The van der Waals surface area contributed by atoms with Crippen LogP contribution in [-0.2, 0) is 0 Å². The summed E-state index contributed by atoms with van der Waals surface area (Å²) in [5.74, 6) is 0.989. The molecule has 1 aliphatic carbocycles. The Morgan fingerprint density at radius 2 is 1.95 bits per heavy atom. The van der Waals surface area contributed by atoms with Crippen molar-refractivity contribution in [3.05, 3.63) is 17.6 Å². The van der Waals surface area contributed by atoms with E-state index in [2.05, 4.69) is 41.1 Å². The van der Waals surface area contributed by atoms with E-state index in [4.69, 9.17) is 0 Å². The molecule has 0 spiro atoms. The van der Waals surface area contributed by atoms with E-state index in [1.807, 2.05) is 6.92 Å². The van der Waals surface area contributed by atoms with Crippen molar-refractivity contribution in [1.82, 2.24) is 14.9 Å². The molecule has 1 saturated carbocycles. The highest BCUT2D eigenvalue weighted by Crippen LogP contribution is 2.34. The van der Waals surface area contributed by atoms with Crippen LogP contribution >= 0.6 is 0 Å². The smallest absolute Gasteiger partial charge is 0.132 e.